The molecule has 1 aromatic carbocycles. The summed E-state index contributed by atoms with van der Waals surface area (Å²) < 4.78 is 5.58. The minimum Gasteiger partial charge on any atom is -0.483 e. The Morgan fingerprint density at radius 1 is 1.25 bits per heavy atom. The van der Waals surface area contributed by atoms with Crippen LogP contribution in [-0.4, -0.2) is 41.6 Å². The molecule has 0 saturated heterocycles. The minimum atomic E-state index is -0.910. The van der Waals surface area contributed by atoms with Gasteiger partial charge in [0.2, 0.25) is 0 Å². The lowest BCUT2D eigenvalue weighted by Crippen LogP contribution is -2.36. The second-order valence-electron chi connectivity index (χ2n) is 4.63. The van der Waals surface area contributed by atoms with Crippen molar-refractivity contribution in [1.29, 1.82) is 0 Å². The Kier molecular flexibility index (Phi) is 6.03. The van der Waals surface area contributed by atoms with E-state index in [1.807, 2.05) is 39.0 Å². The number of carbonyl (C=O) groups is 2. The van der Waals surface area contributed by atoms with Gasteiger partial charge in [-0.15, -0.1) is 0 Å². The van der Waals surface area contributed by atoms with Crippen LogP contribution in [-0.2, 0) is 9.59 Å². The van der Waals surface area contributed by atoms with Crippen molar-refractivity contribution >= 4 is 11.9 Å². The van der Waals surface area contributed by atoms with Gasteiger partial charge in [0.25, 0.3) is 5.91 Å². The molecule has 0 fully saturated rings. The van der Waals surface area contributed by atoms with Crippen molar-refractivity contribution in [1.82, 2.24) is 4.90 Å². The summed E-state index contributed by atoms with van der Waals surface area (Å²) in [5.74, 6) is -0.390. The van der Waals surface area contributed by atoms with Crippen LogP contribution < -0.4 is 4.74 Å². The summed E-state index contributed by atoms with van der Waals surface area (Å²) in [6.45, 7) is 6.28. The average molecular weight is 279 g/mol. The number of carboxylic acids is 1. The van der Waals surface area contributed by atoms with Crippen molar-refractivity contribution in [2.45, 2.75) is 27.2 Å². The van der Waals surface area contributed by atoms with Crippen molar-refractivity contribution in [3.05, 3.63) is 29.3 Å². The highest BCUT2D eigenvalue weighted by Crippen LogP contribution is 2.22. The maximum atomic E-state index is 12.0. The fourth-order valence-electron chi connectivity index (χ4n) is 1.94. The largest absolute Gasteiger partial charge is 0.483 e. The summed E-state index contributed by atoms with van der Waals surface area (Å²) in [7, 11) is 0. The van der Waals surface area contributed by atoms with Crippen LogP contribution in [0.2, 0.25) is 0 Å². The van der Waals surface area contributed by atoms with Crippen molar-refractivity contribution in [3.63, 3.8) is 0 Å². The van der Waals surface area contributed by atoms with E-state index in [1.54, 1.807) is 0 Å². The number of hydrogen-bond donors (Lipinski definition) is 1. The number of benzene rings is 1. The third kappa shape index (κ3) is 4.57. The van der Waals surface area contributed by atoms with E-state index in [1.165, 1.54) is 4.90 Å². The zero-order chi connectivity index (χ0) is 15.1. The van der Waals surface area contributed by atoms with E-state index in [0.717, 1.165) is 16.9 Å². The molecule has 5 heteroatoms. The van der Waals surface area contributed by atoms with Crippen molar-refractivity contribution in [3.8, 4) is 5.75 Å². The highest BCUT2D eigenvalue weighted by Gasteiger charge is 2.14. The van der Waals surface area contributed by atoms with Crippen molar-refractivity contribution in [2.24, 2.45) is 0 Å². The Balaban J connectivity index is 2.59. The number of carboxylic acid groups (broad SMARTS) is 1. The number of ether oxygens (including phenoxy) is 1. The van der Waals surface area contributed by atoms with Crippen LogP contribution in [0.4, 0.5) is 0 Å². The summed E-state index contributed by atoms with van der Waals surface area (Å²) in [5.41, 5.74) is 1.96. The van der Waals surface area contributed by atoms with Crippen LogP contribution in [0.1, 0.15) is 24.5 Å². The first-order valence-corrected chi connectivity index (χ1v) is 6.64. The monoisotopic (exact) mass is 279 g/mol. The summed E-state index contributed by atoms with van der Waals surface area (Å²) in [5, 5.41) is 8.65. The van der Waals surface area contributed by atoms with E-state index in [0.29, 0.717) is 6.54 Å². The molecule has 0 aliphatic rings. The Morgan fingerprint density at radius 2 is 1.85 bits per heavy atom. The lowest BCUT2D eigenvalue weighted by molar-refractivity contribution is -0.139. The maximum Gasteiger partial charge on any atom is 0.305 e. The lowest BCUT2D eigenvalue weighted by Gasteiger charge is -2.20. The number of para-hydroxylation sites is 1. The number of aryl methyl sites for hydroxylation is 2. The van der Waals surface area contributed by atoms with Gasteiger partial charge in [-0.25, -0.2) is 0 Å². The smallest absolute Gasteiger partial charge is 0.305 e. The first-order chi connectivity index (χ1) is 9.45. The number of carbonyl (C=O) groups excluding carboxylic acids is 1. The standard InChI is InChI=1S/C15H21NO4/c1-4-16(9-8-14(18)19)13(17)10-20-15-11(2)6-5-7-12(15)3/h5-7H,4,8-10H2,1-3H3,(H,18,19). The highest BCUT2D eigenvalue weighted by molar-refractivity contribution is 5.78. The summed E-state index contributed by atoms with van der Waals surface area (Å²) in [6, 6.07) is 5.79. The maximum absolute atomic E-state index is 12.0. The van der Waals surface area contributed by atoms with E-state index in [9.17, 15) is 9.59 Å². The molecule has 0 radical (unpaired) electrons. The van der Waals surface area contributed by atoms with Gasteiger partial charge >= 0.3 is 5.97 Å². The number of likely N-dealkylation sites (N-methyl/N-ethyl adjacent to an activating group) is 1. The van der Waals surface area contributed by atoms with Crippen LogP contribution in [0.3, 0.4) is 0 Å². The molecule has 1 aromatic rings. The van der Waals surface area contributed by atoms with Gasteiger partial charge in [0.15, 0.2) is 6.61 Å². The molecule has 0 aliphatic carbocycles. The van der Waals surface area contributed by atoms with Gasteiger partial charge in [0.1, 0.15) is 5.75 Å². The molecular weight excluding hydrogens is 258 g/mol. The third-order valence-electron chi connectivity index (χ3n) is 3.08. The molecule has 0 aromatic heterocycles. The van der Waals surface area contributed by atoms with Gasteiger partial charge in [0, 0.05) is 13.1 Å². The minimum absolute atomic E-state index is 0.0526. The normalized spacial score (nSPS) is 10.2. The third-order valence-corrected chi connectivity index (χ3v) is 3.08. The summed E-state index contributed by atoms with van der Waals surface area (Å²) in [6.07, 6.45) is -0.0526. The molecule has 0 spiro atoms. The predicted molar refractivity (Wildman–Crippen MR) is 75.9 cm³/mol. The Hall–Kier alpha value is -2.04. The molecule has 20 heavy (non-hydrogen) atoms. The quantitative estimate of drug-likeness (QED) is 0.829. The average Bonchev–Trinajstić information content (AvgIpc) is 2.38. The Morgan fingerprint density at radius 3 is 2.35 bits per heavy atom. The molecule has 1 amide bonds. The SMILES string of the molecule is CCN(CCC(=O)O)C(=O)COc1c(C)cccc1C. The number of hydrogen-bond acceptors (Lipinski definition) is 3. The van der Waals surface area contributed by atoms with Crippen LogP contribution in [0.5, 0.6) is 5.75 Å². The fourth-order valence-corrected chi connectivity index (χ4v) is 1.94. The van der Waals surface area contributed by atoms with Crippen LogP contribution in [0, 0.1) is 13.8 Å². The summed E-state index contributed by atoms with van der Waals surface area (Å²) in [4.78, 5) is 24.0. The molecule has 0 saturated carbocycles. The van der Waals surface area contributed by atoms with E-state index >= 15 is 0 Å². The van der Waals surface area contributed by atoms with Crippen LogP contribution >= 0.6 is 0 Å². The number of aliphatic carboxylic acids is 1. The molecule has 0 bridgehead atoms. The summed E-state index contributed by atoms with van der Waals surface area (Å²) >= 11 is 0. The number of rotatable bonds is 7. The first-order valence-electron chi connectivity index (χ1n) is 6.64. The van der Waals surface area contributed by atoms with Crippen molar-refractivity contribution in [2.75, 3.05) is 19.7 Å². The molecule has 1 N–H and O–H groups in total. The Bertz CT molecular complexity index is 465. The number of nitrogens with zero attached hydrogens (tertiary/aromatic N) is 1. The van der Waals surface area contributed by atoms with Gasteiger partial charge < -0.3 is 14.7 Å². The van der Waals surface area contributed by atoms with Gasteiger partial charge in [-0.1, -0.05) is 18.2 Å². The van der Waals surface area contributed by atoms with E-state index < -0.39 is 5.97 Å². The second kappa shape index (κ2) is 7.53. The van der Waals surface area contributed by atoms with Crippen LogP contribution in [0.25, 0.3) is 0 Å². The molecule has 1 rings (SSSR count). The topological polar surface area (TPSA) is 66.8 Å². The molecule has 5 nitrogen and oxygen atoms in total. The first kappa shape index (κ1) is 16.0. The van der Waals surface area contributed by atoms with E-state index in [4.69, 9.17) is 9.84 Å². The van der Waals surface area contributed by atoms with Gasteiger partial charge in [-0.05, 0) is 31.9 Å². The van der Waals surface area contributed by atoms with Gasteiger partial charge in [0.05, 0.1) is 6.42 Å². The zero-order valence-electron chi connectivity index (χ0n) is 12.2. The van der Waals surface area contributed by atoms with Gasteiger partial charge in [-0.3, -0.25) is 9.59 Å². The predicted octanol–water partition coefficient (Wildman–Crippen LogP) is 2.01. The second-order valence-corrected chi connectivity index (χ2v) is 4.63. The molecule has 0 aliphatic heterocycles. The zero-order valence-corrected chi connectivity index (χ0v) is 12.2. The molecule has 110 valence electrons. The van der Waals surface area contributed by atoms with Crippen molar-refractivity contribution < 1.29 is 19.4 Å². The van der Waals surface area contributed by atoms with E-state index in [2.05, 4.69) is 0 Å². The van der Waals surface area contributed by atoms with Crippen LogP contribution in [0.15, 0.2) is 18.2 Å². The highest BCUT2D eigenvalue weighted by atomic mass is 16.5. The Labute approximate surface area is 119 Å². The lowest BCUT2D eigenvalue weighted by atomic mass is 10.1. The number of amides is 1. The molecule has 0 heterocycles. The molecule has 0 atom stereocenters. The fraction of sp³-hybridized carbons (Fsp3) is 0.467. The van der Waals surface area contributed by atoms with Gasteiger partial charge in [-0.2, -0.15) is 0 Å². The molecule has 0 unspecified atom stereocenters. The van der Waals surface area contributed by atoms with E-state index in [-0.39, 0.29) is 25.5 Å². The molecular formula is C15H21NO4.